The van der Waals surface area contributed by atoms with Crippen molar-refractivity contribution in [3.8, 4) is 11.3 Å². The number of hydrogen-bond acceptors (Lipinski definition) is 3. The highest BCUT2D eigenvalue weighted by molar-refractivity contribution is 5.77. The summed E-state index contributed by atoms with van der Waals surface area (Å²) in [6.45, 7) is 0. The maximum atomic E-state index is 12.7. The van der Waals surface area contributed by atoms with Crippen molar-refractivity contribution in [2.24, 2.45) is 5.16 Å². The van der Waals surface area contributed by atoms with Gasteiger partial charge in [0.25, 0.3) is 0 Å². The molecule has 0 spiro atoms. The minimum absolute atomic E-state index is 0.0246. The Morgan fingerprint density at radius 2 is 1.45 bits per heavy atom. The molecule has 0 aliphatic carbocycles. The van der Waals surface area contributed by atoms with Crippen LogP contribution >= 0.6 is 0 Å². The standard InChI is InChI=1S/C13H7F6NO2/c14-12(15,16)8-3-7(4-9(5-8)13(17,18)19)11-2-1-10(22-11)6-20-21/h1-6,21H/b20-6+. The minimum atomic E-state index is -4.93. The third-order valence-corrected chi connectivity index (χ3v) is 2.68. The summed E-state index contributed by atoms with van der Waals surface area (Å²) in [5.41, 5.74) is -3.27. The predicted octanol–water partition coefficient (Wildman–Crippen LogP) is 4.79. The number of oxime groups is 1. The first-order chi connectivity index (χ1) is 10.1. The Kier molecular flexibility index (Phi) is 3.90. The SMILES string of the molecule is O/N=C/c1ccc(-c2cc(C(F)(F)F)cc(C(F)(F)F)c2)o1. The maximum absolute atomic E-state index is 12.7. The minimum Gasteiger partial charge on any atom is -0.455 e. The average Bonchev–Trinajstić information content (AvgIpc) is 2.85. The van der Waals surface area contributed by atoms with Crippen LogP contribution in [0.25, 0.3) is 11.3 Å². The van der Waals surface area contributed by atoms with Crippen LogP contribution in [-0.4, -0.2) is 11.4 Å². The fourth-order valence-corrected chi connectivity index (χ4v) is 1.73. The summed E-state index contributed by atoms with van der Waals surface area (Å²) in [7, 11) is 0. The van der Waals surface area contributed by atoms with Crippen molar-refractivity contribution in [1.82, 2.24) is 0 Å². The molecule has 0 amide bonds. The van der Waals surface area contributed by atoms with Gasteiger partial charge >= 0.3 is 12.4 Å². The number of alkyl halides is 6. The quantitative estimate of drug-likeness (QED) is 0.374. The monoisotopic (exact) mass is 323 g/mol. The fraction of sp³-hybridized carbons (Fsp3) is 0.154. The maximum Gasteiger partial charge on any atom is 0.416 e. The lowest BCUT2D eigenvalue weighted by atomic mass is 10.0. The van der Waals surface area contributed by atoms with Gasteiger partial charge in [-0.05, 0) is 30.3 Å². The summed E-state index contributed by atoms with van der Waals surface area (Å²) < 4.78 is 81.4. The van der Waals surface area contributed by atoms with Gasteiger partial charge in [0.1, 0.15) is 17.7 Å². The van der Waals surface area contributed by atoms with Crippen molar-refractivity contribution in [3.05, 3.63) is 47.2 Å². The number of benzene rings is 1. The van der Waals surface area contributed by atoms with Gasteiger partial charge in [0.05, 0.1) is 11.1 Å². The second-order valence-electron chi connectivity index (χ2n) is 4.24. The second-order valence-corrected chi connectivity index (χ2v) is 4.24. The third kappa shape index (κ3) is 3.41. The Bertz CT molecular complexity index is 667. The highest BCUT2D eigenvalue weighted by Gasteiger charge is 2.37. The van der Waals surface area contributed by atoms with Crippen molar-refractivity contribution >= 4 is 6.21 Å². The Balaban J connectivity index is 2.59. The van der Waals surface area contributed by atoms with E-state index in [0.29, 0.717) is 12.1 Å². The lowest BCUT2D eigenvalue weighted by molar-refractivity contribution is -0.143. The molecule has 0 radical (unpaired) electrons. The van der Waals surface area contributed by atoms with Crippen LogP contribution in [0.5, 0.6) is 0 Å². The van der Waals surface area contributed by atoms with E-state index in [9.17, 15) is 26.3 Å². The van der Waals surface area contributed by atoms with Gasteiger partial charge in [-0.2, -0.15) is 26.3 Å². The number of halogens is 6. The zero-order chi connectivity index (χ0) is 16.5. The number of furan rings is 1. The molecule has 0 unspecified atom stereocenters. The zero-order valence-corrected chi connectivity index (χ0v) is 10.5. The molecule has 0 saturated heterocycles. The summed E-state index contributed by atoms with van der Waals surface area (Å²) in [6.07, 6.45) is -9.02. The Morgan fingerprint density at radius 3 is 1.91 bits per heavy atom. The molecule has 22 heavy (non-hydrogen) atoms. The fourth-order valence-electron chi connectivity index (χ4n) is 1.73. The van der Waals surface area contributed by atoms with Crippen LogP contribution in [0.4, 0.5) is 26.3 Å². The van der Waals surface area contributed by atoms with Gasteiger partial charge in [0.2, 0.25) is 0 Å². The van der Waals surface area contributed by atoms with E-state index in [-0.39, 0.29) is 23.2 Å². The van der Waals surface area contributed by atoms with Gasteiger partial charge in [-0.3, -0.25) is 0 Å². The summed E-state index contributed by atoms with van der Waals surface area (Å²) in [6, 6.07) is 3.54. The molecule has 118 valence electrons. The van der Waals surface area contributed by atoms with Gasteiger partial charge in [0, 0.05) is 5.56 Å². The van der Waals surface area contributed by atoms with Crippen LogP contribution in [-0.2, 0) is 12.4 Å². The normalized spacial score (nSPS) is 13.0. The first-order valence-corrected chi connectivity index (χ1v) is 5.68. The van der Waals surface area contributed by atoms with Crippen molar-refractivity contribution in [2.75, 3.05) is 0 Å². The molecule has 9 heteroatoms. The van der Waals surface area contributed by atoms with E-state index in [1.807, 2.05) is 0 Å². The van der Waals surface area contributed by atoms with E-state index in [4.69, 9.17) is 9.62 Å². The molecule has 1 heterocycles. The molecule has 0 aliphatic heterocycles. The lowest BCUT2D eigenvalue weighted by Crippen LogP contribution is -2.11. The van der Waals surface area contributed by atoms with E-state index in [1.165, 1.54) is 12.1 Å². The molecule has 0 saturated carbocycles. The van der Waals surface area contributed by atoms with E-state index in [1.54, 1.807) is 0 Å². The van der Waals surface area contributed by atoms with Crippen LogP contribution in [0.3, 0.4) is 0 Å². The van der Waals surface area contributed by atoms with Crippen LogP contribution in [0.1, 0.15) is 16.9 Å². The summed E-state index contributed by atoms with van der Waals surface area (Å²) in [5, 5.41) is 11.0. The summed E-state index contributed by atoms with van der Waals surface area (Å²) >= 11 is 0. The molecule has 0 fully saturated rings. The Labute approximate surface area is 119 Å². The summed E-state index contributed by atoms with van der Waals surface area (Å²) in [5.74, 6) is -0.241. The van der Waals surface area contributed by atoms with Crippen LogP contribution in [0.15, 0.2) is 39.9 Å². The molecular formula is C13H7F6NO2. The molecule has 0 aliphatic rings. The van der Waals surface area contributed by atoms with Crippen LogP contribution in [0, 0.1) is 0 Å². The Hall–Kier alpha value is -2.45. The summed E-state index contributed by atoms with van der Waals surface area (Å²) in [4.78, 5) is 0. The first-order valence-electron chi connectivity index (χ1n) is 5.68. The van der Waals surface area contributed by atoms with E-state index in [0.717, 1.165) is 6.21 Å². The topological polar surface area (TPSA) is 45.7 Å². The molecular weight excluding hydrogens is 316 g/mol. The molecule has 0 atom stereocenters. The molecule has 2 rings (SSSR count). The van der Waals surface area contributed by atoms with Crippen molar-refractivity contribution in [2.45, 2.75) is 12.4 Å². The molecule has 2 aromatic rings. The molecule has 1 aromatic heterocycles. The first kappa shape index (κ1) is 15.9. The van der Waals surface area contributed by atoms with E-state index >= 15 is 0 Å². The van der Waals surface area contributed by atoms with Crippen molar-refractivity contribution in [3.63, 3.8) is 0 Å². The molecule has 1 N–H and O–H groups in total. The second kappa shape index (κ2) is 5.39. The van der Waals surface area contributed by atoms with Gasteiger partial charge in [-0.25, -0.2) is 0 Å². The average molecular weight is 323 g/mol. The van der Waals surface area contributed by atoms with E-state index in [2.05, 4.69) is 5.16 Å². The van der Waals surface area contributed by atoms with E-state index < -0.39 is 23.5 Å². The zero-order valence-electron chi connectivity index (χ0n) is 10.5. The number of rotatable bonds is 2. The van der Waals surface area contributed by atoms with Crippen LogP contribution < -0.4 is 0 Å². The van der Waals surface area contributed by atoms with Crippen molar-refractivity contribution in [1.29, 1.82) is 0 Å². The molecule has 3 nitrogen and oxygen atoms in total. The molecule has 1 aromatic carbocycles. The molecule has 0 bridgehead atoms. The van der Waals surface area contributed by atoms with Crippen LogP contribution in [0.2, 0.25) is 0 Å². The predicted molar refractivity (Wildman–Crippen MR) is 63.5 cm³/mol. The van der Waals surface area contributed by atoms with Crippen molar-refractivity contribution < 1.29 is 36.0 Å². The lowest BCUT2D eigenvalue weighted by Gasteiger charge is -2.13. The largest absolute Gasteiger partial charge is 0.455 e. The van der Waals surface area contributed by atoms with Gasteiger partial charge in [0.15, 0.2) is 0 Å². The van der Waals surface area contributed by atoms with Gasteiger partial charge in [-0.1, -0.05) is 5.16 Å². The Morgan fingerprint density at radius 1 is 0.909 bits per heavy atom. The smallest absolute Gasteiger partial charge is 0.416 e. The third-order valence-electron chi connectivity index (χ3n) is 2.68. The highest BCUT2D eigenvalue weighted by Crippen LogP contribution is 2.38. The van der Waals surface area contributed by atoms with Gasteiger partial charge in [-0.15, -0.1) is 0 Å². The van der Waals surface area contributed by atoms with Gasteiger partial charge < -0.3 is 9.62 Å². The number of nitrogens with zero attached hydrogens (tertiary/aromatic N) is 1. The highest BCUT2D eigenvalue weighted by atomic mass is 19.4. The number of hydrogen-bond donors (Lipinski definition) is 1.